The van der Waals surface area contributed by atoms with Crippen molar-refractivity contribution in [3.05, 3.63) is 35.9 Å². The van der Waals surface area contributed by atoms with E-state index >= 15 is 0 Å². The first-order valence-electron chi connectivity index (χ1n) is 6.60. The van der Waals surface area contributed by atoms with Crippen molar-refractivity contribution in [1.29, 1.82) is 0 Å². The van der Waals surface area contributed by atoms with Gasteiger partial charge in [0.15, 0.2) is 5.78 Å². The monoisotopic (exact) mass is 247 g/mol. The zero-order valence-electron chi connectivity index (χ0n) is 10.9. The first-order chi connectivity index (χ1) is 8.60. The van der Waals surface area contributed by atoms with Crippen molar-refractivity contribution < 1.29 is 9.90 Å². The quantitative estimate of drug-likeness (QED) is 0.879. The number of carbonyl (C=O) groups excluding carboxylic acids is 1. The van der Waals surface area contributed by atoms with Crippen molar-refractivity contribution >= 4 is 5.78 Å². The Morgan fingerprint density at radius 2 is 1.89 bits per heavy atom. The summed E-state index contributed by atoms with van der Waals surface area (Å²) in [5, 5.41) is 10.1. The van der Waals surface area contributed by atoms with Crippen LogP contribution >= 0.6 is 0 Å². The summed E-state index contributed by atoms with van der Waals surface area (Å²) in [6.07, 6.45) is 2.16. The number of benzene rings is 1. The number of piperidine rings is 1. The zero-order valence-corrected chi connectivity index (χ0v) is 10.9. The maximum atomic E-state index is 11.3. The van der Waals surface area contributed by atoms with Crippen molar-refractivity contribution in [2.75, 3.05) is 19.6 Å². The van der Waals surface area contributed by atoms with Crippen LogP contribution in [0.25, 0.3) is 0 Å². The van der Waals surface area contributed by atoms with Gasteiger partial charge in [-0.25, -0.2) is 0 Å². The van der Waals surface area contributed by atoms with Crippen LogP contribution in [-0.2, 0) is 11.2 Å². The van der Waals surface area contributed by atoms with E-state index in [1.54, 1.807) is 0 Å². The van der Waals surface area contributed by atoms with Crippen LogP contribution in [0, 0.1) is 0 Å². The van der Waals surface area contributed by atoms with Gasteiger partial charge >= 0.3 is 0 Å². The normalized spacial score (nSPS) is 19.7. The summed E-state index contributed by atoms with van der Waals surface area (Å²) < 4.78 is 0. The lowest BCUT2D eigenvalue weighted by Crippen LogP contribution is -2.48. The van der Waals surface area contributed by atoms with E-state index in [9.17, 15) is 9.90 Å². The fraction of sp³-hybridized carbons (Fsp3) is 0.533. The summed E-state index contributed by atoms with van der Waals surface area (Å²) in [4.78, 5) is 13.7. The predicted molar refractivity (Wildman–Crippen MR) is 71.5 cm³/mol. The molecule has 3 heteroatoms. The molecule has 18 heavy (non-hydrogen) atoms. The molecule has 0 radical (unpaired) electrons. The molecule has 0 amide bonds. The van der Waals surface area contributed by atoms with E-state index in [0.717, 1.165) is 26.1 Å². The molecule has 1 aromatic rings. The van der Waals surface area contributed by atoms with E-state index in [0.29, 0.717) is 12.8 Å². The standard InChI is InChI=1S/C15H21NO2/c1-13(17)15(18)8-11-16(12-9-15)10-7-14-5-3-2-4-6-14/h2-6,18H,7-12H2,1H3. The van der Waals surface area contributed by atoms with Gasteiger partial charge in [-0.15, -0.1) is 0 Å². The van der Waals surface area contributed by atoms with Gasteiger partial charge in [-0.2, -0.15) is 0 Å². The minimum atomic E-state index is -1.07. The lowest BCUT2D eigenvalue weighted by molar-refractivity contribution is -0.139. The number of ketones is 1. The minimum absolute atomic E-state index is 0.0924. The Morgan fingerprint density at radius 1 is 1.28 bits per heavy atom. The molecule has 1 aliphatic heterocycles. The molecule has 1 N–H and O–H groups in total. The lowest BCUT2D eigenvalue weighted by atomic mass is 9.88. The van der Waals surface area contributed by atoms with Gasteiger partial charge in [0.2, 0.25) is 0 Å². The first kappa shape index (κ1) is 13.2. The Hall–Kier alpha value is -1.19. The molecule has 2 rings (SSSR count). The number of hydrogen-bond donors (Lipinski definition) is 1. The summed E-state index contributed by atoms with van der Waals surface area (Å²) >= 11 is 0. The van der Waals surface area contributed by atoms with Crippen molar-refractivity contribution in [1.82, 2.24) is 4.90 Å². The summed E-state index contributed by atoms with van der Waals surface area (Å²) in [6.45, 7) is 4.10. The molecular formula is C15H21NO2. The minimum Gasteiger partial charge on any atom is -0.382 e. The maximum absolute atomic E-state index is 11.3. The van der Waals surface area contributed by atoms with Crippen molar-refractivity contribution in [3.8, 4) is 0 Å². The summed E-state index contributed by atoms with van der Waals surface area (Å²) in [7, 11) is 0. The number of nitrogens with zero attached hydrogens (tertiary/aromatic N) is 1. The summed E-state index contributed by atoms with van der Waals surface area (Å²) in [6, 6.07) is 10.4. The molecule has 1 fully saturated rings. The van der Waals surface area contributed by atoms with E-state index < -0.39 is 5.60 Å². The third kappa shape index (κ3) is 3.18. The van der Waals surface area contributed by atoms with E-state index in [1.165, 1.54) is 12.5 Å². The Bertz CT molecular complexity index is 394. The smallest absolute Gasteiger partial charge is 0.161 e. The van der Waals surface area contributed by atoms with Crippen LogP contribution in [0.15, 0.2) is 30.3 Å². The first-order valence-corrected chi connectivity index (χ1v) is 6.60. The van der Waals surface area contributed by atoms with Crippen LogP contribution < -0.4 is 0 Å². The highest BCUT2D eigenvalue weighted by Crippen LogP contribution is 2.23. The average Bonchev–Trinajstić information content (AvgIpc) is 2.39. The molecule has 1 aliphatic rings. The number of Topliss-reactive ketones (excluding diaryl/α,β-unsaturated/α-hetero) is 1. The number of hydrogen-bond acceptors (Lipinski definition) is 3. The van der Waals surface area contributed by atoms with E-state index in [4.69, 9.17) is 0 Å². The predicted octanol–water partition coefficient (Wildman–Crippen LogP) is 1.65. The van der Waals surface area contributed by atoms with Gasteiger partial charge in [-0.1, -0.05) is 30.3 Å². The van der Waals surface area contributed by atoms with Gasteiger partial charge in [-0.05, 0) is 31.7 Å². The van der Waals surface area contributed by atoms with Gasteiger partial charge in [-0.3, -0.25) is 4.79 Å². The highest BCUT2D eigenvalue weighted by molar-refractivity contribution is 5.84. The highest BCUT2D eigenvalue weighted by Gasteiger charge is 2.36. The number of carbonyl (C=O) groups is 1. The number of aliphatic hydroxyl groups is 1. The van der Waals surface area contributed by atoms with Gasteiger partial charge in [0, 0.05) is 19.6 Å². The molecule has 0 saturated carbocycles. The Kier molecular flexibility index (Phi) is 4.15. The van der Waals surface area contributed by atoms with Crippen LogP contribution in [0.2, 0.25) is 0 Å². The van der Waals surface area contributed by atoms with Crippen molar-refractivity contribution in [3.63, 3.8) is 0 Å². The van der Waals surface area contributed by atoms with Gasteiger partial charge in [0.05, 0.1) is 0 Å². The third-order valence-corrected chi connectivity index (χ3v) is 3.90. The molecule has 1 heterocycles. The molecule has 0 atom stereocenters. The fourth-order valence-electron chi connectivity index (χ4n) is 2.43. The van der Waals surface area contributed by atoms with Crippen LogP contribution in [0.3, 0.4) is 0 Å². The van der Waals surface area contributed by atoms with Crippen molar-refractivity contribution in [2.24, 2.45) is 0 Å². The second-order valence-corrected chi connectivity index (χ2v) is 5.17. The molecule has 0 spiro atoms. The lowest BCUT2D eigenvalue weighted by Gasteiger charge is -2.36. The third-order valence-electron chi connectivity index (χ3n) is 3.90. The van der Waals surface area contributed by atoms with Gasteiger partial charge < -0.3 is 10.0 Å². The van der Waals surface area contributed by atoms with Crippen LogP contribution in [0.1, 0.15) is 25.3 Å². The number of likely N-dealkylation sites (tertiary alicyclic amines) is 1. The Labute approximate surface area is 108 Å². The Morgan fingerprint density at radius 3 is 2.44 bits per heavy atom. The van der Waals surface area contributed by atoms with Crippen molar-refractivity contribution in [2.45, 2.75) is 31.8 Å². The molecule has 3 nitrogen and oxygen atoms in total. The van der Waals surface area contributed by atoms with Crippen LogP contribution in [0.4, 0.5) is 0 Å². The van der Waals surface area contributed by atoms with E-state index in [1.807, 2.05) is 6.07 Å². The van der Waals surface area contributed by atoms with Gasteiger partial charge in [0.25, 0.3) is 0 Å². The van der Waals surface area contributed by atoms with E-state index in [-0.39, 0.29) is 5.78 Å². The molecule has 0 aromatic heterocycles. The summed E-state index contributed by atoms with van der Waals surface area (Å²) in [5.41, 5.74) is 0.272. The molecule has 98 valence electrons. The largest absolute Gasteiger partial charge is 0.382 e. The molecular weight excluding hydrogens is 226 g/mol. The SMILES string of the molecule is CC(=O)C1(O)CCN(CCc2ccccc2)CC1. The zero-order chi connectivity index (χ0) is 13.0. The van der Waals surface area contributed by atoms with Crippen LogP contribution in [0.5, 0.6) is 0 Å². The van der Waals surface area contributed by atoms with Gasteiger partial charge in [0.1, 0.15) is 5.60 Å². The topological polar surface area (TPSA) is 40.5 Å². The fourth-order valence-corrected chi connectivity index (χ4v) is 2.43. The molecule has 0 unspecified atom stereocenters. The van der Waals surface area contributed by atoms with Crippen LogP contribution in [-0.4, -0.2) is 41.0 Å². The second-order valence-electron chi connectivity index (χ2n) is 5.17. The summed E-state index contributed by atoms with van der Waals surface area (Å²) in [5.74, 6) is -0.0924. The Balaban J connectivity index is 1.79. The highest BCUT2D eigenvalue weighted by atomic mass is 16.3. The number of rotatable bonds is 4. The average molecular weight is 247 g/mol. The van der Waals surface area contributed by atoms with E-state index in [2.05, 4.69) is 29.2 Å². The maximum Gasteiger partial charge on any atom is 0.161 e. The molecule has 0 aliphatic carbocycles. The molecule has 0 bridgehead atoms. The molecule has 1 aromatic carbocycles. The molecule has 1 saturated heterocycles. The second kappa shape index (κ2) is 5.63.